The maximum atomic E-state index is 6.25. The molecule has 0 aromatic heterocycles. The van der Waals surface area contributed by atoms with Gasteiger partial charge in [0, 0.05) is 13.1 Å². The van der Waals surface area contributed by atoms with Gasteiger partial charge in [0.1, 0.15) is 0 Å². The number of rotatable bonds is 2. The summed E-state index contributed by atoms with van der Waals surface area (Å²) in [5.41, 5.74) is 2.99. The van der Waals surface area contributed by atoms with Crippen LogP contribution in [0.2, 0.25) is 0 Å². The Kier molecular flexibility index (Phi) is 8.90. The maximum absolute atomic E-state index is 6.25. The molecule has 0 aliphatic carbocycles. The molecule has 0 radical (unpaired) electrons. The molecule has 0 spiro atoms. The summed E-state index contributed by atoms with van der Waals surface area (Å²) in [4.78, 5) is 0. The summed E-state index contributed by atoms with van der Waals surface area (Å²) in [5, 5.41) is 12.5. The molecule has 0 unspecified atom stereocenters. The molecular weight excluding hydrogens is 519 g/mol. The molecule has 148 valence electrons. The largest absolute Gasteiger partial charge is 4.00 e. The summed E-state index contributed by atoms with van der Waals surface area (Å²) in [7, 11) is 0. The van der Waals surface area contributed by atoms with E-state index >= 15 is 0 Å². The molecule has 0 aromatic carbocycles. The Balaban J connectivity index is 0.00000127. The molecule has 0 amide bonds. The predicted molar refractivity (Wildman–Crippen MR) is 101 cm³/mol. The van der Waals surface area contributed by atoms with E-state index in [1.807, 2.05) is 0 Å². The van der Waals surface area contributed by atoms with Crippen molar-refractivity contribution in [1.82, 2.24) is 18.5 Å². The fraction of sp³-hybridized carbons (Fsp3) is 0.500. The van der Waals surface area contributed by atoms with E-state index in [2.05, 4.69) is 97.2 Å². The number of hydrogen-bond donors (Lipinski definition) is 0. The van der Waals surface area contributed by atoms with Crippen molar-refractivity contribution in [2.75, 3.05) is 0 Å². The molecule has 6 nitrogen and oxygen atoms in total. The monoisotopic (exact) mass is 547 g/mol. The van der Waals surface area contributed by atoms with Crippen molar-refractivity contribution in [1.29, 1.82) is 10.5 Å². The molecule has 0 fully saturated rings. The normalized spacial score (nSPS) is 11.0. The van der Waals surface area contributed by atoms with E-state index in [0.717, 1.165) is 13.1 Å². The van der Waals surface area contributed by atoms with Crippen LogP contribution < -0.4 is 0 Å². The SMILES string of the molecule is CC(C)(C)Cn1cc2ccc3cn(CC(C)(C)C)[cH-]n-3n-2[cH-]1.[C-]#N.[C-]#N.[Pt+4]. The number of hydrogen-bond acceptors (Lipinski definition) is 2. The Hall–Kier alpha value is -2.17. The van der Waals surface area contributed by atoms with Crippen LogP contribution in [0.5, 0.6) is 0 Å². The average molecular weight is 548 g/mol. The number of aromatic nitrogens is 4. The van der Waals surface area contributed by atoms with Crippen LogP contribution in [-0.4, -0.2) is 18.5 Å². The Bertz CT molecular complexity index is 744. The summed E-state index contributed by atoms with van der Waals surface area (Å²) < 4.78 is 9.01. The number of fused-ring (bicyclic) bond motifs is 3. The van der Waals surface area contributed by atoms with E-state index in [4.69, 9.17) is 23.7 Å². The second kappa shape index (κ2) is 9.67. The van der Waals surface area contributed by atoms with Gasteiger partial charge in [0.05, 0.1) is 0 Å². The summed E-state index contributed by atoms with van der Waals surface area (Å²) in [5.74, 6) is 0. The van der Waals surface area contributed by atoms with Gasteiger partial charge in [-0.3, -0.25) is 0 Å². The third-order valence-electron chi connectivity index (χ3n) is 3.61. The van der Waals surface area contributed by atoms with Crippen molar-refractivity contribution in [3.63, 3.8) is 0 Å². The topological polar surface area (TPSA) is 67.3 Å². The molecule has 3 aliphatic heterocycles. The first kappa shape index (κ1) is 24.8. The molecule has 3 aliphatic rings. The van der Waals surface area contributed by atoms with Gasteiger partial charge in [0.25, 0.3) is 0 Å². The molecule has 0 N–H and O–H groups in total. The van der Waals surface area contributed by atoms with Crippen molar-refractivity contribution >= 4 is 0 Å². The van der Waals surface area contributed by atoms with Crippen LogP contribution in [0.1, 0.15) is 41.5 Å². The van der Waals surface area contributed by atoms with Crippen molar-refractivity contribution in [2.24, 2.45) is 10.8 Å². The third-order valence-corrected chi connectivity index (χ3v) is 3.61. The summed E-state index contributed by atoms with van der Waals surface area (Å²) >= 11 is 0. The van der Waals surface area contributed by atoms with Crippen LogP contribution in [0.25, 0.3) is 11.4 Å². The van der Waals surface area contributed by atoms with Crippen LogP contribution in [0.15, 0.2) is 37.2 Å². The van der Waals surface area contributed by atoms with E-state index < -0.39 is 0 Å². The molecule has 0 atom stereocenters. The Morgan fingerprint density at radius 3 is 1.30 bits per heavy atom. The Morgan fingerprint density at radius 1 is 0.741 bits per heavy atom. The van der Waals surface area contributed by atoms with E-state index in [1.54, 1.807) is 0 Å². The van der Waals surface area contributed by atoms with Gasteiger partial charge >= 0.3 is 21.1 Å². The maximum Gasteiger partial charge on any atom is 4.00 e. The standard InChI is InChI=1S/C18H28N4.2CN.Pt/c1-17(2,3)11-19-9-15-7-8-16-10-20(12-18(4,5)6)14-22(16)21(15)13-19;2*1-2;/h7-10,13-14H,11-12H2,1-6H3;;;/q-2;2*-1;+4. The molecule has 0 bridgehead atoms. The predicted octanol–water partition coefficient (Wildman–Crippen LogP) is 4.59. The first-order chi connectivity index (χ1) is 12.1. The van der Waals surface area contributed by atoms with Gasteiger partial charge in [-0.25, -0.2) is 0 Å². The zero-order chi connectivity index (χ0) is 20.1. The molecule has 0 saturated carbocycles. The van der Waals surface area contributed by atoms with Gasteiger partial charge in [-0.15, -0.1) is 24.5 Å². The summed E-state index contributed by atoms with van der Waals surface area (Å²) in [6.07, 6.45) is 8.82. The van der Waals surface area contributed by atoms with Gasteiger partial charge in [-0.2, -0.15) is 0 Å². The number of nitrogens with zero attached hydrogens (tertiary/aromatic N) is 6. The second-order valence-corrected chi connectivity index (χ2v) is 8.83. The quantitative estimate of drug-likeness (QED) is 0.441. The fourth-order valence-electron chi connectivity index (χ4n) is 2.98. The molecule has 0 saturated heterocycles. The van der Waals surface area contributed by atoms with Crippen LogP contribution in [0.3, 0.4) is 0 Å². The van der Waals surface area contributed by atoms with Gasteiger partial charge < -0.3 is 42.2 Å². The van der Waals surface area contributed by atoms with Gasteiger partial charge in [-0.05, 0) is 23.5 Å². The third kappa shape index (κ3) is 6.81. The molecule has 3 rings (SSSR count). The minimum atomic E-state index is 0. The van der Waals surface area contributed by atoms with Crippen LogP contribution in [0.4, 0.5) is 0 Å². The molecule has 0 aromatic rings. The average Bonchev–Trinajstić information content (AvgIpc) is 3.10. The van der Waals surface area contributed by atoms with Crippen molar-refractivity contribution < 1.29 is 21.1 Å². The summed E-state index contributed by atoms with van der Waals surface area (Å²) in [6, 6.07) is 4.38. The minimum absolute atomic E-state index is 0. The number of imidazole rings is 2. The van der Waals surface area contributed by atoms with Gasteiger partial charge in [-0.1, -0.05) is 52.9 Å². The zero-order valence-electron chi connectivity index (χ0n) is 16.9. The second-order valence-electron chi connectivity index (χ2n) is 8.83. The van der Waals surface area contributed by atoms with E-state index in [9.17, 15) is 0 Å². The van der Waals surface area contributed by atoms with Crippen molar-refractivity contribution in [2.45, 2.75) is 54.6 Å². The Morgan fingerprint density at radius 2 is 1.04 bits per heavy atom. The van der Waals surface area contributed by atoms with Crippen molar-refractivity contribution in [3.8, 4) is 11.4 Å². The van der Waals surface area contributed by atoms with Gasteiger partial charge in [0.15, 0.2) is 0 Å². The van der Waals surface area contributed by atoms with E-state index in [-0.39, 0.29) is 31.9 Å². The van der Waals surface area contributed by atoms with Gasteiger partial charge in [0.2, 0.25) is 0 Å². The fourth-order valence-corrected chi connectivity index (χ4v) is 2.98. The van der Waals surface area contributed by atoms with E-state index in [1.165, 1.54) is 11.4 Å². The first-order valence-corrected chi connectivity index (χ1v) is 8.47. The molecule has 3 heterocycles. The zero-order valence-corrected chi connectivity index (χ0v) is 19.2. The Labute approximate surface area is 177 Å². The summed E-state index contributed by atoms with van der Waals surface area (Å²) in [6.45, 7) is 25.1. The van der Waals surface area contributed by atoms with Crippen LogP contribution in [-0.2, 0) is 34.2 Å². The smallest absolute Gasteiger partial charge is 0.512 e. The van der Waals surface area contributed by atoms with Crippen LogP contribution in [0, 0.1) is 34.5 Å². The van der Waals surface area contributed by atoms with E-state index in [0.29, 0.717) is 0 Å². The van der Waals surface area contributed by atoms with Crippen molar-refractivity contribution in [3.05, 3.63) is 50.3 Å². The molecule has 7 heteroatoms. The minimum Gasteiger partial charge on any atom is -0.512 e. The molecule has 27 heavy (non-hydrogen) atoms. The molecular formula is C20H28N6Pt. The van der Waals surface area contributed by atoms with Crippen LogP contribution >= 0.6 is 0 Å². The first-order valence-electron chi connectivity index (χ1n) is 8.47.